The van der Waals surface area contributed by atoms with Crippen molar-refractivity contribution in [2.24, 2.45) is 5.73 Å². The van der Waals surface area contributed by atoms with E-state index < -0.39 is 10.0 Å². The summed E-state index contributed by atoms with van der Waals surface area (Å²) in [7, 11) is -3.43. The Morgan fingerprint density at radius 3 is 2.26 bits per heavy atom. The molecule has 0 saturated heterocycles. The first-order valence-electron chi connectivity index (χ1n) is 7.93. The van der Waals surface area contributed by atoms with E-state index in [0.29, 0.717) is 32.5 Å². The summed E-state index contributed by atoms with van der Waals surface area (Å²) in [5, 5.41) is 2.80. The Morgan fingerprint density at radius 1 is 1.22 bits per heavy atom. The lowest BCUT2D eigenvalue weighted by Gasteiger charge is -2.18. The molecule has 1 atom stereocenters. The summed E-state index contributed by atoms with van der Waals surface area (Å²) in [4.78, 5) is 12.0. The molecule has 0 unspecified atom stereocenters. The van der Waals surface area contributed by atoms with Gasteiger partial charge in [-0.25, -0.2) is 8.42 Å². The van der Waals surface area contributed by atoms with E-state index in [1.165, 1.54) is 4.31 Å². The van der Waals surface area contributed by atoms with Gasteiger partial charge in [-0.15, -0.1) is 0 Å². The van der Waals surface area contributed by atoms with Crippen LogP contribution in [0.4, 0.5) is 0 Å². The first-order chi connectivity index (χ1) is 10.8. The first kappa shape index (κ1) is 19.6. The Morgan fingerprint density at radius 2 is 1.78 bits per heavy atom. The molecule has 0 spiro atoms. The molecule has 6 nitrogen and oxygen atoms in total. The van der Waals surface area contributed by atoms with E-state index in [-0.39, 0.29) is 16.8 Å². The molecule has 0 aliphatic carbocycles. The van der Waals surface area contributed by atoms with E-state index in [2.05, 4.69) is 5.32 Å². The number of hydrogen-bond acceptors (Lipinski definition) is 4. The smallest absolute Gasteiger partial charge is 0.243 e. The van der Waals surface area contributed by atoms with Gasteiger partial charge < -0.3 is 11.1 Å². The van der Waals surface area contributed by atoms with Crippen LogP contribution < -0.4 is 11.1 Å². The molecule has 0 heterocycles. The lowest BCUT2D eigenvalue weighted by molar-refractivity contribution is -0.121. The van der Waals surface area contributed by atoms with E-state index in [1.54, 1.807) is 24.3 Å². The third-order valence-corrected chi connectivity index (χ3v) is 5.73. The standard InChI is InChI=1S/C16H27N3O3S/c1-4-19(5-2)23(21,22)15-9-6-14(7-10-15)8-11-16(20)18-13(3)12-17/h6-7,9-10,13H,4-5,8,11-12,17H2,1-3H3,(H,18,20)/t13-/m0/s1. The molecule has 0 radical (unpaired) electrons. The number of aryl methyl sites for hydroxylation is 1. The van der Waals surface area contributed by atoms with Gasteiger partial charge in [0.2, 0.25) is 15.9 Å². The Balaban J connectivity index is 2.69. The van der Waals surface area contributed by atoms with Crippen molar-refractivity contribution < 1.29 is 13.2 Å². The van der Waals surface area contributed by atoms with Crippen LogP contribution in [-0.4, -0.2) is 44.3 Å². The van der Waals surface area contributed by atoms with Crippen molar-refractivity contribution in [1.82, 2.24) is 9.62 Å². The van der Waals surface area contributed by atoms with Gasteiger partial charge in [-0.05, 0) is 31.0 Å². The third-order valence-electron chi connectivity index (χ3n) is 3.67. The fourth-order valence-corrected chi connectivity index (χ4v) is 3.66. The highest BCUT2D eigenvalue weighted by Crippen LogP contribution is 2.16. The summed E-state index contributed by atoms with van der Waals surface area (Å²) in [5.41, 5.74) is 6.39. The van der Waals surface area contributed by atoms with Gasteiger partial charge in [0.1, 0.15) is 0 Å². The van der Waals surface area contributed by atoms with Crippen LogP contribution in [0.15, 0.2) is 29.2 Å². The molecule has 0 aliphatic heterocycles. The molecule has 0 aromatic heterocycles. The Hall–Kier alpha value is -1.44. The largest absolute Gasteiger partial charge is 0.352 e. The summed E-state index contributed by atoms with van der Waals surface area (Å²) in [6, 6.07) is 6.68. The van der Waals surface area contributed by atoms with Crippen LogP contribution in [-0.2, 0) is 21.2 Å². The predicted molar refractivity (Wildman–Crippen MR) is 91.5 cm³/mol. The highest BCUT2D eigenvalue weighted by molar-refractivity contribution is 7.89. The zero-order valence-electron chi connectivity index (χ0n) is 14.1. The van der Waals surface area contributed by atoms with Gasteiger partial charge in [0.25, 0.3) is 0 Å². The number of carbonyl (C=O) groups is 1. The van der Waals surface area contributed by atoms with Gasteiger partial charge in [0, 0.05) is 32.1 Å². The topological polar surface area (TPSA) is 92.5 Å². The van der Waals surface area contributed by atoms with E-state index in [4.69, 9.17) is 5.73 Å². The quantitative estimate of drug-likeness (QED) is 0.704. The molecule has 7 heteroatoms. The van der Waals surface area contributed by atoms with Crippen molar-refractivity contribution in [3.05, 3.63) is 29.8 Å². The molecule has 0 bridgehead atoms. The Bertz CT molecular complexity index is 596. The molecular weight excluding hydrogens is 314 g/mol. The maximum Gasteiger partial charge on any atom is 0.243 e. The van der Waals surface area contributed by atoms with Crippen molar-refractivity contribution in [3.63, 3.8) is 0 Å². The zero-order valence-corrected chi connectivity index (χ0v) is 14.9. The SMILES string of the molecule is CCN(CC)S(=O)(=O)c1ccc(CCC(=O)N[C@@H](C)CN)cc1. The lowest BCUT2D eigenvalue weighted by Crippen LogP contribution is -2.37. The zero-order chi connectivity index (χ0) is 17.5. The van der Waals surface area contributed by atoms with Crippen molar-refractivity contribution >= 4 is 15.9 Å². The molecule has 3 N–H and O–H groups in total. The van der Waals surface area contributed by atoms with Gasteiger partial charge in [0.15, 0.2) is 0 Å². The Labute approximate surface area is 139 Å². The maximum absolute atomic E-state index is 12.4. The number of amides is 1. The van der Waals surface area contributed by atoms with Crippen molar-refractivity contribution in [1.29, 1.82) is 0 Å². The number of nitrogens with zero attached hydrogens (tertiary/aromatic N) is 1. The van der Waals surface area contributed by atoms with Gasteiger partial charge in [-0.3, -0.25) is 4.79 Å². The highest BCUT2D eigenvalue weighted by Gasteiger charge is 2.21. The van der Waals surface area contributed by atoms with E-state index in [0.717, 1.165) is 5.56 Å². The van der Waals surface area contributed by atoms with Crippen molar-refractivity contribution in [2.75, 3.05) is 19.6 Å². The average molecular weight is 341 g/mol. The molecule has 0 aliphatic rings. The molecule has 130 valence electrons. The number of sulfonamides is 1. The summed E-state index contributed by atoms with van der Waals surface area (Å²) in [5.74, 6) is -0.0530. The second-order valence-corrected chi connectivity index (χ2v) is 7.38. The molecule has 1 aromatic rings. The third kappa shape index (κ3) is 5.60. The van der Waals surface area contributed by atoms with Gasteiger partial charge >= 0.3 is 0 Å². The van der Waals surface area contributed by atoms with Gasteiger partial charge in [-0.1, -0.05) is 26.0 Å². The van der Waals surface area contributed by atoms with E-state index in [9.17, 15) is 13.2 Å². The second-order valence-electron chi connectivity index (χ2n) is 5.44. The molecule has 1 aromatic carbocycles. The first-order valence-corrected chi connectivity index (χ1v) is 9.37. The number of hydrogen-bond donors (Lipinski definition) is 2. The summed E-state index contributed by atoms with van der Waals surface area (Å²) in [6.07, 6.45) is 0.918. The van der Waals surface area contributed by atoms with Crippen LogP contribution in [0.25, 0.3) is 0 Å². The van der Waals surface area contributed by atoms with Crippen LogP contribution in [0, 0.1) is 0 Å². The van der Waals surface area contributed by atoms with Crippen LogP contribution >= 0.6 is 0 Å². The van der Waals surface area contributed by atoms with Crippen LogP contribution in [0.5, 0.6) is 0 Å². The lowest BCUT2D eigenvalue weighted by atomic mass is 10.1. The van der Waals surface area contributed by atoms with Crippen LogP contribution in [0.1, 0.15) is 32.8 Å². The minimum Gasteiger partial charge on any atom is -0.352 e. The second kappa shape index (κ2) is 9.00. The maximum atomic E-state index is 12.4. The summed E-state index contributed by atoms with van der Waals surface area (Å²) in [6.45, 7) is 6.78. The average Bonchev–Trinajstić information content (AvgIpc) is 2.54. The highest BCUT2D eigenvalue weighted by atomic mass is 32.2. The summed E-state index contributed by atoms with van der Waals surface area (Å²) < 4.78 is 26.2. The molecule has 1 amide bonds. The number of nitrogens with one attached hydrogen (secondary N) is 1. The Kier molecular flexibility index (Phi) is 7.67. The molecule has 0 fully saturated rings. The summed E-state index contributed by atoms with van der Waals surface area (Å²) >= 11 is 0. The van der Waals surface area contributed by atoms with Gasteiger partial charge in [0.05, 0.1) is 4.90 Å². The van der Waals surface area contributed by atoms with Gasteiger partial charge in [-0.2, -0.15) is 4.31 Å². The minimum atomic E-state index is -3.43. The fraction of sp³-hybridized carbons (Fsp3) is 0.562. The van der Waals surface area contributed by atoms with Crippen LogP contribution in [0.2, 0.25) is 0 Å². The van der Waals surface area contributed by atoms with E-state index >= 15 is 0 Å². The van der Waals surface area contributed by atoms with Crippen molar-refractivity contribution in [2.45, 2.75) is 44.6 Å². The number of carbonyl (C=O) groups excluding carboxylic acids is 1. The number of nitrogens with two attached hydrogens (primary N) is 1. The molecular formula is C16H27N3O3S. The number of benzene rings is 1. The van der Waals surface area contributed by atoms with Crippen molar-refractivity contribution in [3.8, 4) is 0 Å². The van der Waals surface area contributed by atoms with E-state index in [1.807, 2.05) is 20.8 Å². The van der Waals surface area contributed by atoms with Crippen LogP contribution in [0.3, 0.4) is 0 Å². The predicted octanol–water partition coefficient (Wildman–Crippen LogP) is 1.11. The fourth-order valence-electron chi connectivity index (χ4n) is 2.20. The molecule has 1 rings (SSSR count). The molecule has 23 heavy (non-hydrogen) atoms. The monoisotopic (exact) mass is 341 g/mol. The minimum absolute atomic E-state index is 0.0379. The number of rotatable bonds is 9. The normalized spacial score (nSPS) is 13.1. The molecule has 0 saturated carbocycles.